The van der Waals surface area contributed by atoms with Crippen LogP contribution in [0.4, 0.5) is 11.4 Å². The van der Waals surface area contributed by atoms with Crippen LogP contribution >= 0.6 is 0 Å². The summed E-state index contributed by atoms with van der Waals surface area (Å²) >= 11 is 0. The molecule has 0 radical (unpaired) electrons. The fourth-order valence-electron chi connectivity index (χ4n) is 3.92. The van der Waals surface area contributed by atoms with Gasteiger partial charge in [0, 0.05) is 24.5 Å². The van der Waals surface area contributed by atoms with Crippen LogP contribution in [0.3, 0.4) is 0 Å². The molecule has 3 nitrogen and oxygen atoms in total. The van der Waals surface area contributed by atoms with Crippen LogP contribution in [0, 0.1) is 41.5 Å². The zero-order valence-electron chi connectivity index (χ0n) is 17.1. The summed E-state index contributed by atoms with van der Waals surface area (Å²) in [5, 5.41) is 3.56. The van der Waals surface area contributed by atoms with E-state index in [0.717, 1.165) is 38.0 Å². The van der Waals surface area contributed by atoms with E-state index in [1.165, 1.54) is 39.1 Å². The molecule has 0 spiro atoms. The molecule has 0 atom stereocenters. The Morgan fingerprint density at radius 3 is 1.81 bits per heavy atom. The lowest BCUT2D eigenvalue weighted by molar-refractivity contribution is -0.107. The molecular weight excluding hydrogens is 320 g/mol. The predicted molar refractivity (Wildman–Crippen MR) is 112 cm³/mol. The third-order valence-corrected chi connectivity index (χ3v) is 4.85. The monoisotopic (exact) mass is 352 g/mol. The molecule has 3 heteroatoms. The molecule has 0 saturated heterocycles. The Kier molecular flexibility index (Phi) is 6.84. The van der Waals surface area contributed by atoms with Crippen molar-refractivity contribution in [3.05, 3.63) is 57.6 Å². The number of carbonyl (C=O) groups excluding carboxylic acids is 1. The topological polar surface area (TPSA) is 32.3 Å². The molecule has 0 fully saturated rings. The summed E-state index contributed by atoms with van der Waals surface area (Å²) in [6.45, 7) is 14.4. The molecule has 0 unspecified atom stereocenters. The Morgan fingerprint density at radius 2 is 1.31 bits per heavy atom. The molecule has 0 aliphatic carbocycles. The molecule has 0 aliphatic heterocycles. The van der Waals surface area contributed by atoms with Crippen LogP contribution in [0.5, 0.6) is 0 Å². The molecular formula is C23H32N2O. The highest BCUT2D eigenvalue weighted by Crippen LogP contribution is 2.26. The second kappa shape index (κ2) is 8.88. The number of nitrogens with zero attached hydrogens (tertiary/aromatic N) is 1. The van der Waals surface area contributed by atoms with Crippen LogP contribution in [0.15, 0.2) is 24.3 Å². The SMILES string of the molecule is Cc1cc(C)c(NCCCCN(C=O)c2c(C)cc(C)cc2C)c(C)c1. The van der Waals surface area contributed by atoms with E-state index >= 15 is 0 Å². The first-order chi connectivity index (χ1) is 12.3. The van der Waals surface area contributed by atoms with Crippen LogP contribution in [0.2, 0.25) is 0 Å². The van der Waals surface area contributed by atoms with Gasteiger partial charge in [-0.1, -0.05) is 35.4 Å². The smallest absolute Gasteiger partial charge is 0.214 e. The number of hydrogen-bond acceptors (Lipinski definition) is 2. The van der Waals surface area contributed by atoms with Gasteiger partial charge >= 0.3 is 0 Å². The van der Waals surface area contributed by atoms with E-state index in [1.807, 2.05) is 4.90 Å². The Bertz CT molecular complexity index is 734. The summed E-state index contributed by atoms with van der Waals surface area (Å²) in [7, 11) is 0. The molecule has 0 saturated carbocycles. The Labute approximate surface area is 158 Å². The number of anilines is 2. The van der Waals surface area contributed by atoms with Crippen molar-refractivity contribution < 1.29 is 4.79 Å². The lowest BCUT2D eigenvalue weighted by atomic mass is 10.0. The number of unbranched alkanes of at least 4 members (excludes halogenated alkanes) is 1. The highest BCUT2D eigenvalue weighted by molar-refractivity contribution is 5.79. The van der Waals surface area contributed by atoms with Gasteiger partial charge in [0.2, 0.25) is 6.41 Å². The van der Waals surface area contributed by atoms with Gasteiger partial charge in [0.25, 0.3) is 0 Å². The van der Waals surface area contributed by atoms with E-state index in [1.54, 1.807) is 0 Å². The zero-order chi connectivity index (χ0) is 19.3. The van der Waals surface area contributed by atoms with E-state index in [-0.39, 0.29) is 0 Å². The van der Waals surface area contributed by atoms with Gasteiger partial charge in [-0.05, 0) is 76.6 Å². The van der Waals surface area contributed by atoms with E-state index < -0.39 is 0 Å². The molecule has 2 aromatic carbocycles. The van der Waals surface area contributed by atoms with E-state index in [0.29, 0.717) is 0 Å². The van der Waals surface area contributed by atoms with Gasteiger partial charge in [0.15, 0.2) is 0 Å². The second-order valence-electron chi connectivity index (χ2n) is 7.45. The Hall–Kier alpha value is -2.29. The summed E-state index contributed by atoms with van der Waals surface area (Å²) < 4.78 is 0. The van der Waals surface area contributed by atoms with Gasteiger partial charge < -0.3 is 10.2 Å². The number of aryl methyl sites for hydroxylation is 6. The first-order valence-electron chi connectivity index (χ1n) is 9.45. The first kappa shape index (κ1) is 20.0. The van der Waals surface area contributed by atoms with Crippen molar-refractivity contribution >= 4 is 17.8 Å². The van der Waals surface area contributed by atoms with Gasteiger partial charge in [-0.3, -0.25) is 4.79 Å². The minimum absolute atomic E-state index is 0.752. The lowest BCUT2D eigenvalue weighted by Crippen LogP contribution is -2.24. The highest BCUT2D eigenvalue weighted by atomic mass is 16.1. The maximum atomic E-state index is 11.6. The number of benzene rings is 2. The molecule has 0 bridgehead atoms. The minimum Gasteiger partial charge on any atom is -0.385 e. The van der Waals surface area contributed by atoms with Crippen molar-refractivity contribution in [1.29, 1.82) is 0 Å². The van der Waals surface area contributed by atoms with Crippen molar-refractivity contribution in [2.24, 2.45) is 0 Å². The maximum Gasteiger partial charge on any atom is 0.214 e. The van der Waals surface area contributed by atoms with Gasteiger partial charge in [0.05, 0.1) is 0 Å². The lowest BCUT2D eigenvalue weighted by Gasteiger charge is -2.22. The van der Waals surface area contributed by atoms with Crippen LogP contribution in [-0.2, 0) is 4.79 Å². The fourth-order valence-corrected chi connectivity index (χ4v) is 3.92. The number of nitrogens with one attached hydrogen (secondary N) is 1. The van der Waals surface area contributed by atoms with Gasteiger partial charge in [-0.15, -0.1) is 0 Å². The Morgan fingerprint density at radius 1 is 0.808 bits per heavy atom. The van der Waals surface area contributed by atoms with E-state index in [2.05, 4.69) is 71.1 Å². The Balaban J connectivity index is 1.90. The molecule has 1 N–H and O–H groups in total. The number of amides is 1. The van der Waals surface area contributed by atoms with Gasteiger partial charge in [-0.2, -0.15) is 0 Å². The minimum atomic E-state index is 0.752. The standard InChI is InChI=1S/C23H32N2O/c1-16-11-18(3)22(19(4)12-16)24-9-7-8-10-25(15-26)23-20(5)13-17(2)14-21(23)6/h11-15,24H,7-10H2,1-6H3. The fraction of sp³-hybridized carbons (Fsp3) is 0.435. The summed E-state index contributed by atoms with van der Waals surface area (Å²) in [5.41, 5.74) is 9.76. The molecule has 26 heavy (non-hydrogen) atoms. The van der Waals surface area contributed by atoms with E-state index in [9.17, 15) is 4.79 Å². The zero-order valence-corrected chi connectivity index (χ0v) is 17.1. The summed E-state index contributed by atoms with van der Waals surface area (Å²) in [6.07, 6.45) is 2.97. The first-order valence-corrected chi connectivity index (χ1v) is 9.45. The van der Waals surface area contributed by atoms with Crippen molar-refractivity contribution in [3.63, 3.8) is 0 Å². The molecule has 0 aliphatic rings. The normalized spacial score (nSPS) is 10.7. The van der Waals surface area contributed by atoms with E-state index in [4.69, 9.17) is 0 Å². The molecule has 0 aromatic heterocycles. The molecule has 0 heterocycles. The van der Waals surface area contributed by atoms with Crippen molar-refractivity contribution in [2.45, 2.75) is 54.4 Å². The highest BCUT2D eigenvalue weighted by Gasteiger charge is 2.12. The number of rotatable bonds is 8. The third kappa shape index (κ3) is 4.87. The summed E-state index contributed by atoms with van der Waals surface area (Å²) in [6, 6.07) is 8.71. The number of hydrogen-bond donors (Lipinski definition) is 1. The molecule has 140 valence electrons. The summed E-state index contributed by atoms with van der Waals surface area (Å²) in [4.78, 5) is 13.5. The second-order valence-corrected chi connectivity index (χ2v) is 7.45. The van der Waals surface area contributed by atoms with Crippen molar-refractivity contribution in [3.8, 4) is 0 Å². The summed E-state index contributed by atoms with van der Waals surface area (Å²) in [5.74, 6) is 0. The van der Waals surface area contributed by atoms with Gasteiger partial charge in [-0.25, -0.2) is 0 Å². The van der Waals surface area contributed by atoms with Crippen LogP contribution in [0.1, 0.15) is 46.2 Å². The average Bonchev–Trinajstić information content (AvgIpc) is 2.53. The quantitative estimate of drug-likeness (QED) is 0.510. The average molecular weight is 353 g/mol. The van der Waals surface area contributed by atoms with Crippen molar-refractivity contribution in [2.75, 3.05) is 23.3 Å². The third-order valence-electron chi connectivity index (χ3n) is 4.85. The van der Waals surface area contributed by atoms with Crippen LogP contribution < -0.4 is 10.2 Å². The van der Waals surface area contributed by atoms with Crippen LogP contribution in [-0.4, -0.2) is 19.5 Å². The van der Waals surface area contributed by atoms with Crippen LogP contribution in [0.25, 0.3) is 0 Å². The largest absolute Gasteiger partial charge is 0.385 e. The molecule has 1 amide bonds. The van der Waals surface area contributed by atoms with Gasteiger partial charge in [0.1, 0.15) is 0 Å². The molecule has 2 rings (SSSR count). The molecule has 2 aromatic rings. The van der Waals surface area contributed by atoms with Crippen molar-refractivity contribution in [1.82, 2.24) is 0 Å². The predicted octanol–water partition coefficient (Wildman–Crippen LogP) is 5.39. The number of carbonyl (C=O) groups is 1. The maximum absolute atomic E-state index is 11.6.